The minimum Gasteiger partial charge on any atom is -0.352 e. The molecule has 0 spiro atoms. The monoisotopic (exact) mass is 459 g/mol. The van der Waals surface area contributed by atoms with Crippen LogP contribution in [0.2, 0.25) is 5.02 Å². The maximum Gasteiger partial charge on any atom is 0.112 e. The van der Waals surface area contributed by atoms with Gasteiger partial charge in [-0.15, -0.1) is 0 Å². The number of hydrogen-bond donors (Lipinski definition) is 1. The molecule has 0 radical (unpaired) electrons. The second-order valence-corrected chi connectivity index (χ2v) is 6.70. The van der Waals surface area contributed by atoms with Gasteiger partial charge in [-0.2, -0.15) is 0 Å². The molecule has 3 aromatic rings. The lowest BCUT2D eigenvalue weighted by Gasteiger charge is -2.10. The number of benzene rings is 1. The number of pyridine rings is 2. The number of nitrogens with one attached hydrogen (secondary N) is 1. The number of aromatic nitrogens is 2. The van der Waals surface area contributed by atoms with Crippen molar-refractivity contribution in [3.05, 3.63) is 55.8 Å². The predicted octanol–water partition coefficient (Wildman–Crippen LogP) is 5.39. The van der Waals surface area contributed by atoms with E-state index in [2.05, 4.69) is 53.8 Å². The van der Waals surface area contributed by atoms with Gasteiger partial charge < -0.3 is 5.32 Å². The molecule has 100 valence electrons. The zero-order valence-corrected chi connectivity index (χ0v) is 14.6. The highest BCUT2D eigenvalue weighted by Gasteiger charge is 2.07. The van der Waals surface area contributed by atoms with E-state index in [-0.39, 0.29) is 0 Å². The molecule has 0 atom stereocenters. The predicted molar refractivity (Wildman–Crippen MR) is 94.7 cm³/mol. The van der Waals surface area contributed by atoms with Gasteiger partial charge >= 0.3 is 0 Å². The SMILES string of the molecule is Clc1cc(I)ccc1Nc1ccnc2cc(Br)cnc12. The van der Waals surface area contributed by atoms with Crippen LogP contribution in [0.4, 0.5) is 11.4 Å². The molecule has 2 aromatic heterocycles. The van der Waals surface area contributed by atoms with Crippen LogP contribution in [0.15, 0.2) is 47.2 Å². The molecule has 0 fully saturated rings. The number of nitrogens with zero attached hydrogens (tertiary/aromatic N) is 2. The molecule has 1 N–H and O–H groups in total. The summed E-state index contributed by atoms with van der Waals surface area (Å²) in [5.74, 6) is 0. The Labute approximate surface area is 143 Å². The molecule has 0 amide bonds. The quantitative estimate of drug-likeness (QED) is 0.521. The van der Waals surface area contributed by atoms with Crippen molar-refractivity contribution in [1.29, 1.82) is 0 Å². The van der Waals surface area contributed by atoms with Gasteiger partial charge in [-0.25, -0.2) is 0 Å². The van der Waals surface area contributed by atoms with Crippen molar-refractivity contribution in [2.24, 2.45) is 0 Å². The average Bonchev–Trinajstić information content (AvgIpc) is 2.41. The van der Waals surface area contributed by atoms with Crippen LogP contribution in [-0.4, -0.2) is 9.97 Å². The first-order valence-electron chi connectivity index (χ1n) is 5.76. The maximum atomic E-state index is 6.24. The largest absolute Gasteiger partial charge is 0.352 e. The minimum absolute atomic E-state index is 0.680. The highest BCUT2D eigenvalue weighted by Crippen LogP contribution is 2.30. The number of fused-ring (bicyclic) bond motifs is 1. The maximum absolute atomic E-state index is 6.24. The Morgan fingerprint density at radius 3 is 2.75 bits per heavy atom. The summed E-state index contributed by atoms with van der Waals surface area (Å²) in [6.07, 6.45) is 3.50. The van der Waals surface area contributed by atoms with E-state index in [0.717, 1.165) is 30.5 Å². The number of halogens is 3. The van der Waals surface area contributed by atoms with Gasteiger partial charge in [0.15, 0.2) is 0 Å². The fourth-order valence-electron chi connectivity index (χ4n) is 1.84. The molecule has 0 unspecified atom stereocenters. The molecule has 0 bridgehead atoms. The topological polar surface area (TPSA) is 37.8 Å². The van der Waals surface area contributed by atoms with E-state index in [9.17, 15) is 0 Å². The van der Waals surface area contributed by atoms with Crippen LogP contribution in [0.1, 0.15) is 0 Å². The summed E-state index contributed by atoms with van der Waals surface area (Å²) in [4.78, 5) is 8.72. The van der Waals surface area contributed by atoms with E-state index in [1.54, 1.807) is 12.4 Å². The number of anilines is 2. The van der Waals surface area contributed by atoms with Crippen molar-refractivity contribution in [2.75, 3.05) is 5.32 Å². The summed E-state index contributed by atoms with van der Waals surface area (Å²) >= 11 is 11.9. The Bertz CT molecular complexity index is 794. The first kappa shape index (κ1) is 14.0. The second kappa shape index (κ2) is 5.83. The summed E-state index contributed by atoms with van der Waals surface area (Å²) in [5, 5.41) is 3.99. The standard InChI is InChI=1S/C14H8BrClIN3/c15-8-5-13-14(19-7-8)12(3-4-18-13)20-11-2-1-9(17)6-10(11)16/h1-7H,(H,18,20). The molecule has 0 aliphatic carbocycles. The summed E-state index contributed by atoms with van der Waals surface area (Å²) in [5.41, 5.74) is 3.37. The van der Waals surface area contributed by atoms with E-state index in [1.165, 1.54) is 0 Å². The lowest BCUT2D eigenvalue weighted by Crippen LogP contribution is -1.95. The average molecular weight is 461 g/mol. The highest BCUT2D eigenvalue weighted by molar-refractivity contribution is 14.1. The zero-order chi connectivity index (χ0) is 14.1. The molecule has 1 aromatic carbocycles. The summed E-state index contributed by atoms with van der Waals surface area (Å²) in [6, 6.07) is 9.69. The Morgan fingerprint density at radius 2 is 1.95 bits per heavy atom. The van der Waals surface area contributed by atoms with Crippen LogP contribution in [0.25, 0.3) is 11.0 Å². The molecule has 0 aliphatic rings. The molecule has 3 nitrogen and oxygen atoms in total. The van der Waals surface area contributed by atoms with Crippen LogP contribution in [0.5, 0.6) is 0 Å². The molecule has 2 heterocycles. The molecule has 6 heteroatoms. The van der Waals surface area contributed by atoms with Crippen molar-refractivity contribution in [2.45, 2.75) is 0 Å². The molecule has 3 rings (SSSR count). The summed E-state index contributed by atoms with van der Waals surface area (Å²) < 4.78 is 2.00. The Morgan fingerprint density at radius 1 is 1.10 bits per heavy atom. The van der Waals surface area contributed by atoms with E-state index in [4.69, 9.17) is 11.6 Å². The van der Waals surface area contributed by atoms with Crippen LogP contribution in [-0.2, 0) is 0 Å². The van der Waals surface area contributed by atoms with Crippen molar-refractivity contribution in [3.8, 4) is 0 Å². The Balaban J connectivity index is 2.06. The van der Waals surface area contributed by atoms with Gasteiger partial charge in [-0.05, 0) is 68.9 Å². The third kappa shape index (κ3) is 2.89. The molecular formula is C14H8BrClIN3. The Kier molecular flexibility index (Phi) is 4.09. The third-order valence-electron chi connectivity index (χ3n) is 2.74. The molecule has 0 saturated carbocycles. The van der Waals surface area contributed by atoms with Gasteiger partial charge in [0.25, 0.3) is 0 Å². The van der Waals surface area contributed by atoms with Gasteiger partial charge in [0.1, 0.15) is 5.52 Å². The van der Waals surface area contributed by atoms with Crippen molar-refractivity contribution >= 4 is 72.5 Å². The van der Waals surface area contributed by atoms with Crippen LogP contribution < -0.4 is 5.32 Å². The minimum atomic E-state index is 0.680. The van der Waals surface area contributed by atoms with Crippen molar-refractivity contribution in [3.63, 3.8) is 0 Å². The fraction of sp³-hybridized carbons (Fsp3) is 0. The van der Waals surface area contributed by atoms with Gasteiger partial charge in [0.2, 0.25) is 0 Å². The smallest absolute Gasteiger partial charge is 0.112 e. The van der Waals surface area contributed by atoms with Crippen LogP contribution in [0.3, 0.4) is 0 Å². The first-order chi connectivity index (χ1) is 9.63. The van der Waals surface area contributed by atoms with Crippen LogP contribution in [0, 0.1) is 3.57 Å². The molecule has 0 aliphatic heterocycles. The third-order valence-corrected chi connectivity index (χ3v) is 4.16. The van der Waals surface area contributed by atoms with Gasteiger partial charge in [0.05, 0.1) is 21.9 Å². The van der Waals surface area contributed by atoms with E-state index in [1.807, 2.05) is 30.3 Å². The lowest BCUT2D eigenvalue weighted by atomic mass is 10.2. The molecule has 0 saturated heterocycles. The molecule has 20 heavy (non-hydrogen) atoms. The second-order valence-electron chi connectivity index (χ2n) is 4.13. The van der Waals surface area contributed by atoms with Crippen molar-refractivity contribution in [1.82, 2.24) is 9.97 Å². The van der Waals surface area contributed by atoms with Crippen LogP contribution >= 0.6 is 50.1 Å². The lowest BCUT2D eigenvalue weighted by molar-refractivity contribution is 1.32. The number of rotatable bonds is 2. The summed E-state index contributed by atoms with van der Waals surface area (Å²) in [6.45, 7) is 0. The Hall–Kier alpha value is -0.920. The van der Waals surface area contributed by atoms with E-state index >= 15 is 0 Å². The van der Waals surface area contributed by atoms with Gasteiger partial charge in [0, 0.05) is 20.4 Å². The first-order valence-corrected chi connectivity index (χ1v) is 8.01. The number of hydrogen-bond acceptors (Lipinski definition) is 3. The van der Waals surface area contributed by atoms with Gasteiger partial charge in [-0.3, -0.25) is 9.97 Å². The van der Waals surface area contributed by atoms with E-state index < -0.39 is 0 Å². The normalized spacial score (nSPS) is 10.8. The zero-order valence-electron chi connectivity index (χ0n) is 10.1. The van der Waals surface area contributed by atoms with Crippen molar-refractivity contribution < 1.29 is 0 Å². The molecular weight excluding hydrogens is 452 g/mol. The summed E-state index contributed by atoms with van der Waals surface area (Å²) in [7, 11) is 0. The van der Waals surface area contributed by atoms with Gasteiger partial charge in [-0.1, -0.05) is 11.6 Å². The van der Waals surface area contributed by atoms with E-state index in [0.29, 0.717) is 5.02 Å². The fourth-order valence-corrected chi connectivity index (χ4v) is 3.06. The highest BCUT2D eigenvalue weighted by atomic mass is 127.